The molecule has 2 aromatic carbocycles. The van der Waals surface area contributed by atoms with Crippen molar-refractivity contribution in [3.05, 3.63) is 94.4 Å². The Morgan fingerprint density at radius 3 is 2.38 bits per heavy atom. The summed E-state index contributed by atoms with van der Waals surface area (Å²) in [5.74, 6) is -1.91. The van der Waals surface area contributed by atoms with Crippen LogP contribution in [0.1, 0.15) is 81.0 Å². The number of rotatable bonds is 27. The third-order valence-electron chi connectivity index (χ3n) is 13.4. The van der Waals surface area contributed by atoms with E-state index in [1.54, 1.807) is 35.9 Å². The van der Waals surface area contributed by atoms with Gasteiger partial charge < -0.3 is 55.7 Å². The predicted octanol–water partition coefficient (Wildman–Crippen LogP) is 4.98. The molecule has 22 heteroatoms. The summed E-state index contributed by atoms with van der Waals surface area (Å²) in [6.07, 6.45) is 12.2. The number of fused-ring (bicyclic) bond motifs is 1. The van der Waals surface area contributed by atoms with Gasteiger partial charge in [-0.25, -0.2) is 13.8 Å². The van der Waals surface area contributed by atoms with Crippen LogP contribution in [0.15, 0.2) is 61.1 Å². The van der Waals surface area contributed by atoms with Crippen LogP contribution in [0.25, 0.3) is 0 Å². The highest BCUT2D eigenvalue weighted by atomic mass is 35.5. The lowest BCUT2D eigenvalue weighted by Gasteiger charge is -2.35. The van der Waals surface area contributed by atoms with Gasteiger partial charge in [0.1, 0.15) is 35.3 Å². The average molecular weight is 1040 g/mol. The summed E-state index contributed by atoms with van der Waals surface area (Å²) in [5, 5.41) is 22.7. The lowest BCUT2D eigenvalue weighted by Crippen LogP contribution is -2.58. The molecule has 3 heterocycles. The van der Waals surface area contributed by atoms with E-state index in [1.807, 2.05) is 18.2 Å². The van der Waals surface area contributed by atoms with E-state index < -0.39 is 35.8 Å². The van der Waals surface area contributed by atoms with Crippen LogP contribution >= 0.6 is 11.6 Å². The monoisotopic (exact) mass is 1040 g/mol. The molecular weight excluding hydrogens is 968 g/mol. The number of ether oxygens (including phenoxy) is 4. The molecule has 4 aromatic rings. The van der Waals surface area contributed by atoms with Crippen LogP contribution in [0.2, 0.25) is 5.02 Å². The van der Waals surface area contributed by atoms with Crippen molar-refractivity contribution in [3.63, 3.8) is 0 Å². The van der Waals surface area contributed by atoms with E-state index in [2.05, 4.69) is 53.0 Å². The number of likely N-dealkylation sites (tertiary alicyclic amines) is 1. The van der Waals surface area contributed by atoms with Gasteiger partial charge in [-0.05, 0) is 87.7 Å². The predicted molar refractivity (Wildman–Crippen MR) is 269 cm³/mol. The Bertz CT molecular complexity index is 2450. The average Bonchev–Trinajstić information content (AvgIpc) is 4.04. The van der Waals surface area contributed by atoms with Crippen LogP contribution in [0, 0.1) is 17.6 Å². The molecule has 0 bridgehead atoms. The molecule has 0 radical (unpaired) electrons. The lowest BCUT2D eigenvalue weighted by atomic mass is 9.83. The zero-order valence-corrected chi connectivity index (χ0v) is 42.3. The molecule has 4 amide bonds. The maximum Gasteiger partial charge on any atom is 0.246 e. The van der Waals surface area contributed by atoms with Gasteiger partial charge in [-0.15, -0.1) is 0 Å². The number of anilines is 3. The number of halogens is 3. The van der Waals surface area contributed by atoms with Gasteiger partial charge in [0.25, 0.3) is 0 Å². The van der Waals surface area contributed by atoms with Gasteiger partial charge in [-0.2, -0.15) is 10.1 Å². The second-order valence-corrected chi connectivity index (χ2v) is 18.9. The number of benzene rings is 2. The van der Waals surface area contributed by atoms with Crippen molar-refractivity contribution in [2.24, 2.45) is 5.92 Å². The molecule has 396 valence electrons. The van der Waals surface area contributed by atoms with Crippen LogP contribution in [0.4, 0.5) is 26.2 Å². The standard InChI is InChI=1S/C51H68ClF2N11O8/c1-33(55-2)48(67)62-46(35-10-4-3-5-11-35)50(69)65-31-38(26-44(65)49(68)61-43-14-8-12-34-9-6-7-13-40(34)43)59-45(66)32-73-24-23-72-22-21-71-20-19-70-18-17-64-30-39(28-58-64)60-51-57-29-41(52)47(63-51)56-27-36-25-37(53)15-16-42(36)54/h6-7,9,13,15-16,25,28-30,33,35,38,43-44,46,55H,3-5,8,10-12,14,17-24,26-27,31-32H2,1-2H3,(H,59,66)(H,61,68)(H,62,67)(H2,56,57,60,63). The maximum absolute atomic E-state index is 14.6. The number of nitrogens with one attached hydrogen (secondary N) is 6. The van der Waals surface area contributed by atoms with Crippen molar-refractivity contribution in [2.45, 2.75) is 108 Å². The molecule has 5 unspecified atom stereocenters. The number of aryl methyl sites for hydroxylation is 1. The van der Waals surface area contributed by atoms with Crippen molar-refractivity contribution in [1.82, 2.24) is 45.9 Å². The molecule has 2 aromatic heterocycles. The third-order valence-corrected chi connectivity index (χ3v) is 13.6. The van der Waals surface area contributed by atoms with Gasteiger partial charge in [-0.1, -0.05) is 55.1 Å². The first-order valence-electron chi connectivity index (χ1n) is 25.2. The second kappa shape index (κ2) is 28.0. The molecule has 1 saturated carbocycles. The van der Waals surface area contributed by atoms with E-state index in [9.17, 15) is 28.0 Å². The minimum Gasteiger partial charge on any atom is -0.377 e. The topological polar surface area (TPSA) is 224 Å². The SMILES string of the molecule is CNC(C)C(=O)NC(C(=O)N1CC(NC(=O)COCCOCCOCCOCCn2cc(Nc3ncc(Cl)c(NCc4cc(F)ccc4F)n3)cn2)CC1C(=O)NC1CCCc2ccccc21)C1CCCCC1. The summed E-state index contributed by atoms with van der Waals surface area (Å²) in [6.45, 7) is 4.25. The molecule has 6 N–H and O–H groups in total. The Balaban J connectivity index is 0.775. The molecule has 2 aliphatic carbocycles. The number of aromatic nitrogens is 4. The van der Waals surface area contributed by atoms with E-state index in [0.29, 0.717) is 45.3 Å². The fraction of sp³-hybridized carbons (Fsp3) is 0.549. The van der Waals surface area contributed by atoms with E-state index in [4.69, 9.17) is 30.5 Å². The van der Waals surface area contributed by atoms with E-state index in [-0.39, 0.29) is 97.3 Å². The Morgan fingerprint density at radius 2 is 1.62 bits per heavy atom. The van der Waals surface area contributed by atoms with Crippen LogP contribution in [-0.4, -0.2) is 139 Å². The van der Waals surface area contributed by atoms with Crippen molar-refractivity contribution in [2.75, 3.05) is 77.1 Å². The number of amides is 4. The summed E-state index contributed by atoms with van der Waals surface area (Å²) in [6, 6.07) is 8.49. The lowest BCUT2D eigenvalue weighted by molar-refractivity contribution is -0.143. The Morgan fingerprint density at radius 1 is 0.877 bits per heavy atom. The Hall–Kier alpha value is -5.84. The zero-order chi connectivity index (χ0) is 51.5. The van der Waals surface area contributed by atoms with Gasteiger partial charge in [-0.3, -0.25) is 23.9 Å². The van der Waals surface area contributed by atoms with Gasteiger partial charge in [0.05, 0.1) is 83.0 Å². The number of carbonyl (C=O) groups excluding carboxylic acids is 4. The van der Waals surface area contributed by atoms with Crippen molar-refractivity contribution >= 4 is 52.7 Å². The second-order valence-electron chi connectivity index (χ2n) is 18.5. The highest BCUT2D eigenvalue weighted by molar-refractivity contribution is 6.32. The van der Waals surface area contributed by atoms with Crippen LogP contribution in [0.5, 0.6) is 0 Å². The first-order chi connectivity index (χ1) is 35.4. The molecule has 2 fully saturated rings. The van der Waals surface area contributed by atoms with E-state index in [0.717, 1.165) is 75.1 Å². The molecule has 73 heavy (non-hydrogen) atoms. The van der Waals surface area contributed by atoms with Gasteiger partial charge >= 0.3 is 0 Å². The van der Waals surface area contributed by atoms with Gasteiger partial charge in [0.2, 0.25) is 29.6 Å². The molecule has 19 nitrogen and oxygen atoms in total. The summed E-state index contributed by atoms with van der Waals surface area (Å²) in [5.41, 5.74) is 3.03. The normalized spacial score (nSPS) is 18.6. The Kier molecular flexibility index (Phi) is 21.1. The highest BCUT2D eigenvalue weighted by Gasteiger charge is 2.45. The molecular formula is C51H68ClF2N11O8. The van der Waals surface area contributed by atoms with Crippen molar-refractivity contribution in [3.8, 4) is 0 Å². The number of carbonyl (C=O) groups is 4. The van der Waals surface area contributed by atoms with Crippen LogP contribution in [-0.2, 0) is 57.6 Å². The van der Waals surface area contributed by atoms with Crippen LogP contribution < -0.4 is 31.9 Å². The molecule has 1 aliphatic heterocycles. The molecule has 1 saturated heterocycles. The number of hydrogen-bond donors (Lipinski definition) is 6. The molecule has 5 atom stereocenters. The number of hydrogen-bond acceptors (Lipinski definition) is 14. The number of likely N-dealkylation sites (N-methyl/N-ethyl adjacent to an activating group) is 1. The zero-order valence-electron chi connectivity index (χ0n) is 41.5. The summed E-state index contributed by atoms with van der Waals surface area (Å²) < 4.78 is 51.8. The largest absolute Gasteiger partial charge is 0.377 e. The quantitative estimate of drug-likeness (QED) is 0.0434. The summed E-state index contributed by atoms with van der Waals surface area (Å²) in [4.78, 5) is 65.2. The Labute approximate surface area is 429 Å². The van der Waals surface area contributed by atoms with E-state index >= 15 is 0 Å². The van der Waals surface area contributed by atoms with Gasteiger partial charge in [0, 0.05) is 30.9 Å². The number of nitrogens with zero attached hydrogens (tertiary/aromatic N) is 5. The molecule has 0 spiro atoms. The maximum atomic E-state index is 14.6. The third kappa shape index (κ3) is 16.3. The molecule has 3 aliphatic rings. The summed E-state index contributed by atoms with van der Waals surface area (Å²) in [7, 11) is 1.69. The minimum atomic E-state index is -0.838. The van der Waals surface area contributed by atoms with Gasteiger partial charge in [0.15, 0.2) is 5.82 Å². The highest BCUT2D eigenvalue weighted by Crippen LogP contribution is 2.32. The first kappa shape index (κ1) is 54.9. The molecule has 7 rings (SSSR count). The fourth-order valence-corrected chi connectivity index (χ4v) is 9.54. The van der Waals surface area contributed by atoms with Crippen molar-refractivity contribution < 1.29 is 46.9 Å². The smallest absolute Gasteiger partial charge is 0.246 e. The minimum absolute atomic E-state index is 0.0305. The summed E-state index contributed by atoms with van der Waals surface area (Å²) >= 11 is 6.22. The van der Waals surface area contributed by atoms with E-state index in [1.165, 1.54) is 11.8 Å². The van der Waals surface area contributed by atoms with Crippen molar-refractivity contribution in [1.29, 1.82) is 0 Å². The fourth-order valence-electron chi connectivity index (χ4n) is 9.38. The first-order valence-corrected chi connectivity index (χ1v) is 25.6. The van der Waals surface area contributed by atoms with Crippen LogP contribution in [0.3, 0.4) is 0 Å².